The van der Waals surface area contributed by atoms with E-state index < -0.39 is 17.5 Å². The Bertz CT molecular complexity index is 496. The van der Waals surface area contributed by atoms with Crippen LogP contribution in [0.1, 0.15) is 10.4 Å². The maximum Gasteiger partial charge on any atom is 0.251 e. The van der Waals surface area contributed by atoms with Gasteiger partial charge in [0.15, 0.2) is 0 Å². The minimum atomic E-state index is -0.830. The zero-order chi connectivity index (χ0) is 14.5. The highest BCUT2D eigenvalue weighted by Crippen LogP contribution is 2.07. The molecule has 2 rings (SSSR count). The molecule has 0 radical (unpaired) electrons. The molecule has 1 saturated heterocycles. The van der Waals surface area contributed by atoms with Gasteiger partial charge in [0.05, 0.1) is 6.54 Å². The molecule has 1 aromatic carbocycles. The van der Waals surface area contributed by atoms with Crippen molar-refractivity contribution in [3.63, 3.8) is 0 Å². The van der Waals surface area contributed by atoms with Crippen molar-refractivity contribution in [2.45, 2.75) is 0 Å². The number of hydrogen-bond acceptors (Lipinski definition) is 3. The van der Waals surface area contributed by atoms with Gasteiger partial charge < -0.3 is 15.5 Å². The minimum absolute atomic E-state index is 0.143. The lowest BCUT2D eigenvalue weighted by molar-refractivity contribution is -0.130. The molecule has 5 nitrogen and oxygen atoms in total. The minimum Gasteiger partial charge on any atom is -0.343 e. The van der Waals surface area contributed by atoms with Crippen molar-refractivity contribution in [2.75, 3.05) is 32.7 Å². The first-order valence-corrected chi connectivity index (χ1v) is 6.29. The van der Waals surface area contributed by atoms with E-state index in [1.165, 1.54) is 0 Å². The Hall–Kier alpha value is -2.02. The summed E-state index contributed by atoms with van der Waals surface area (Å²) in [5.74, 6) is -2.55. The molecular weight excluding hydrogens is 268 g/mol. The molecule has 1 fully saturated rings. The fraction of sp³-hybridized carbons (Fsp3) is 0.385. The molecule has 108 valence electrons. The van der Waals surface area contributed by atoms with Crippen molar-refractivity contribution >= 4 is 11.8 Å². The molecule has 0 unspecified atom stereocenters. The number of benzene rings is 1. The van der Waals surface area contributed by atoms with Crippen LogP contribution in [0, 0.1) is 11.6 Å². The lowest BCUT2D eigenvalue weighted by Gasteiger charge is -2.27. The standard InChI is InChI=1S/C13H15F2N3O2/c14-10-5-9(6-11(15)7-10)13(20)17-8-12(19)18-3-1-16-2-4-18/h5-7,16H,1-4,8H2,(H,17,20). The largest absolute Gasteiger partial charge is 0.343 e. The molecule has 0 spiro atoms. The van der Waals surface area contributed by atoms with Crippen molar-refractivity contribution < 1.29 is 18.4 Å². The third kappa shape index (κ3) is 3.74. The summed E-state index contributed by atoms with van der Waals surface area (Å²) < 4.78 is 26.0. The number of rotatable bonds is 3. The monoisotopic (exact) mass is 283 g/mol. The van der Waals surface area contributed by atoms with Crippen LogP contribution in [-0.4, -0.2) is 49.4 Å². The van der Waals surface area contributed by atoms with Gasteiger partial charge in [0, 0.05) is 37.8 Å². The lowest BCUT2D eigenvalue weighted by atomic mass is 10.2. The number of nitrogens with zero attached hydrogens (tertiary/aromatic N) is 1. The lowest BCUT2D eigenvalue weighted by Crippen LogP contribution is -2.49. The summed E-state index contributed by atoms with van der Waals surface area (Å²) in [6, 6.07) is 2.53. The van der Waals surface area contributed by atoms with Gasteiger partial charge in [0.1, 0.15) is 11.6 Å². The third-order valence-corrected chi connectivity index (χ3v) is 2.99. The van der Waals surface area contributed by atoms with Crippen molar-refractivity contribution in [2.24, 2.45) is 0 Å². The Morgan fingerprint density at radius 2 is 1.75 bits per heavy atom. The van der Waals surface area contributed by atoms with Crippen LogP contribution in [0.3, 0.4) is 0 Å². The molecular formula is C13H15F2N3O2. The van der Waals surface area contributed by atoms with Gasteiger partial charge >= 0.3 is 0 Å². The first-order chi connectivity index (χ1) is 9.56. The molecule has 1 heterocycles. The van der Waals surface area contributed by atoms with Gasteiger partial charge in [0.2, 0.25) is 5.91 Å². The SMILES string of the molecule is O=C(NCC(=O)N1CCNCC1)c1cc(F)cc(F)c1. The quantitative estimate of drug-likeness (QED) is 0.828. The second-order valence-electron chi connectivity index (χ2n) is 4.47. The van der Waals surface area contributed by atoms with Crippen molar-refractivity contribution in [1.82, 2.24) is 15.5 Å². The van der Waals surface area contributed by atoms with Crippen LogP contribution in [0.15, 0.2) is 18.2 Å². The predicted octanol–water partition coefficient (Wildman–Crippen LogP) is 0.126. The highest BCUT2D eigenvalue weighted by atomic mass is 19.1. The highest BCUT2D eigenvalue weighted by Gasteiger charge is 2.17. The summed E-state index contributed by atoms with van der Waals surface area (Å²) in [6.45, 7) is 2.42. The molecule has 1 aliphatic heterocycles. The number of piperazine rings is 1. The van der Waals surface area contributed by atoms with Crippen LogP contribution < -0.4 is 10.6 Å². The van der Waals surface area contributed by atoms with Gasteiger partial charge in [-0.2, -0.15) is 0 Å². The average molecular weight is 283 g/mol. The van der Waals surface area contributed by atoms with Gasteiger partial charge in [-0.1, -0.05) is 0 Å². The molecule has 0 aliphatic carbocycles. The summed E-state index contributed by atoms with van der Waals surface area (Å²) in [4.78, 5) is 25.1. The van der Waals surface area contributed by atoms with E-state index in [4.69, 9.17) is 0 Å². The van der Waals surface area contributed by atoms with Crippen molar-refractivity contribution in [3.05, 3.63) is 35.4 Å². The van der Waals surface area contributed by atoms with E-state index in [-0.39, 0.29) is 18.0 Å². The van der Waals surface area contributed by atoms with E-state index in [1.54, 1.807) is 4.90 Å². The second-order valence-corrected chi connectivity index (χ2v) is 4.47. The Balaban J connectivity index is 1.89. The smallest absolute Gasteiger partial charge is 0.251 e. The molecule has 20 heavy (non-hydrogen) atoms. The molecule has 0 atom stereocenters. The van der Waals surface area contributed by atoms with Gasteiger partial charge in [0.25, 0.3) is 5.91 Å². The summed E-state index contributed by atoms with van der Waals surface area (Å²) in [7, 11) is 0. The summed E-state index contributed by atoms with van der Waals surface area (Å²) in [5.41, 5.74) is -0.143. The number of halogens is 2. The topological polar surface area (TPSA) is 61.4 Å². The Morgan fingerprint density at radius 3 is 2.35 bits per heavy atom. The zero-order valence-electron chi connectivity index (χ0n) is 10.8. The van der Waals surface area contributed by atoms with E-state index in [0.29, 0.717) is 19.2 Å². The van der Waals surface area contributed by atoms with Gasteiger partial charge in [-0.05, 0) is 12.1 Å². The van der Waals surface area contributed by atoms with Crippen LogP contribution in [0.5, 0.6) is 0 Å². The number of carbonyl (C=O) groups is 2. The van der Waals surface area contributed by atoms with Crippen molar-refractivity contribution in [3.8, 4) is 0 Å². The Morgan fingerprint density at radius 1 is 1.15 bits per heavy atom. The molecule has 2 N–H and O–H groups in total. The summed E-state index contributed by atoms with van der Waals surface area (Å²) >= 11 is 0. The fourth-order valence-corrected chi connectivity index (χ4v) is 1.97. The van der Waals surface area contributed by atoms with Crippen LogP contribution >= 0.6 is 0 Å². The molecule has 1 aliphatic rings. The number of carbonyl (C=O) groups excluding carboxylic acids is 2. The Labute approximate surface area is 114 Å². The van der Waals surface area contributed by atoms with Gasteiger partial charge in [-0.25, -0.2) is 8.78 Å². The third-order valence-electron chi connectivity index (χ3n) is 2.99. The van der Waals surface area contributed by atoms with E-state index in [0.717, 1.165) is 25.2 Å². The summed E-state index contributed by atoms with van der Waals surface area (Å²) in [6.07, 6.45) is 0. The van der Waals surface area contributed by atoms with E-state index in [9.17, 15) is 18.4 Å². The van der Waals surface area contributed by atoms with Crippen molar-refractivity contribution in [1.29, 1.82) is 0 Å². The van der Waals surface area contributed by atoms with E-state index >= 15 is 0 Å². The van der Waals surface area contributed by atoms with E-state index in [2.05, 4.69) is 10.6 Å². The highest BCUT2D eigenvalue weighted by molar-refractivity contribution is 5.96. The van der Waals surface area contributed by atoms with Crippen LogP contribution in [0.4, 0.5) is 8.78 Å². The van der Waals surface area contributed by atoms with Crippen LogP contribution in [0.25, 0.3) is 0 Å². The molecule has 2 amide bonds. The molecule has 0 aromatic heterocycles. The second kappa shape index (κ2) is 6.42. The fourth-order valence-electron chi connectivity index (χ4n) is 1.97. The van der Waals surface area contributed by atoms with Gasteiger partial charge in [-0.3, -0.25) is 9.59 Å². The molecule has 7 heteroatoms. The number of hydrogen-bond donors (Lipinski definition) is 2. The van der Waals surface area contributed by atoms with E-state index in [1.807, 2.05) is 0 Å². The Kier molecular flexibility index (Phi) is 4.62. The first kappa shape index (κ1) is 14.4. The summed E-state index contributed by atoms with van der Waals surface area (Å²) in [5, 5.41) is 5.47. The zero-order valence-corrected chi connectivity index (χ0v) is 10.8. The van der Waals surface area contributed by atoms with Gasteiger partial charge in [-0.15, -0.1) is 0 Å². The molecule has 1 aromatic rings. The normalized spacial score (nSPS) is 15.0. The number of nitrogens with one attached hydrogen (secondary N) is 2. The maximum atomic E-state index is 13.0. The van der Waals surface area contributed by atoms with Crippen LogP contribution in [-0.2, 0) is 4.79 Å². The number of amides is 2. The first-order valence-electron chi connectivity index (χ1n) is 6.29. The molecule has 0 saturated carbocycles. The maximum absolute atomic E-state index is 13.0. The molecule has 0 bridgehead atoms. The average Bonchev–Trinajstić information content (AvgIpc) is 2.44. The van der Waals surface area contributed by atoms with Crippen LogP contribution in [0.2, 0.25) is 0 Å². The predicted molar refractivity (Wildman–Crippen MR) is 68.1 cm³/mol.